The molecule has 2 N–H and O–H groups in total. The van der Waals surface area contributed by atoms with Crippen molar-refractivity contribution in [3.8, 4) is 11.3 Å². The van der Waals surface area contributed by atoms with Crippen molar-refractivity contribution in [2.24, 2.45) is 5.73 Å². The molecule has 3 aromatic heterocycles. The molecule has 0 radical (unpaired) electrons. The molecular formula is C16H16N4O2. The van der Waals surface area contributed by atoms with Crippen LogP contribution in [0.2, 0.25) is 0 Å². The van der Waals surface area contributed by atoms with Crippen molar-refractivity contribution >= 4 is 11.6 Å². The highest BCUT2D eigenvalue weighted by molar-refractivity contribution is 5.89. The molecule has 6 heteroatoms. The molecule has 0 unspecified atom stereocenters. The average Bonchev–Trinajstić information content (AvgIpc) is 2.94. The van der Waals surface area contributed by atoms with E-state index < -0.39 is 5.97 Å². The van der Waals surface area contributed by atoms with E-state index in [2.05, 4.69) is 9.97 Å². The molecular weight excluding hydrogens is 280 g/mol. The van der Waals surface area contributed by atoms with Gasteiger partial charge in [-0.25, -0.2) is 9.78 Å². The average molecular weight is 296 g/mol. The molecule has 3 rings (SSSR count). The second kappa shape index (κ2) is 5.57. The summed E-state index contributed by atoms with van der Waals surface area (Å²) in [6.07, 6.45) is 3.42. The topological polar surface area (TPSA) is 82.5 Å². The van der Waals surface area contributed by atoms with Gasteiger partial charge < -0.3 is 10.5 Å². The minimum Gasteiger partial charge on any atom is -0.464 e. The third kappa shape index (κ3) is 2.23. The number of hydrogen-bond donors (Lipinski definition) is 1. The Morgan fingerprint density at radius 3 is 2.77 bits per heavy atom. The first-order chi connectivity index (χ1) is 10.6. The van der Waals surface area contributed by atoms with Gasteiger partial charge in [0.2, 0.25) is 0 Å². The van der Waals surface area contributed by atoms with Crippen LogP contribution in [0.5, 0.6) is 0 Å². The van der Waals surface area contributed by atoms with Crippen LogP contribution >= 0.6 is 0 Å². The van der Waals surface area contributed by atoms with Crippen LogP contribution in [0.15, 0.2) is 42.7 Å². The molecule has 0 aliphatic carbocycles. The summed E-state index contributed by atoms with van der Waals surface area (Å²) in [5.41, 5.74) is 9.43. The summed E-state index contributed by atoms with van der Waals surface area (Å²) < 4.78 is 6.64. The van der Waals surface area contributed by atoms with E-state index in [1.165, 1.54) is 7.11 Å². The van der Waals surface area contributed by atoms with Crippen molar-refractivity contribution in [1.29, 1.82) is 0 Å². The lowest BCUT2D eigenvalue weighted by Crippen LogP contribution is -2.10. The van der Waals surface area contributed by atoms with E-state index in [9.17, 15) is 4.79 Å². The molecule has 0 aliphatic rings. The molecule has 1 atom stereocenters. The second-order valence-corrected chi connectivity index (χ2v) is 4.97. The van der Waals surface area contributed by atoms with Gasteiger partial charge in [-0.2, -0.15) is 0 Å². The molecule has 0 spiro atoms. The number of carbonyl (C=O) groups excluding carboxylic acids is 1. The van der Waals surface area contributed by atoms with Gasteiger partial charge in [0.25, 0.3) is 0 Å². The summed E-state index contributed by atoms with van der Waals surface area (Å²) in [4.78, 5) is 20.8. The molecule has 0 bridgehead atoms. The maximum atomic E-state index is 12.1. The van der Waals surface area contributed by atoms with E-state index in [0.29, 0.717) is 17.0 Å². The quantitative estimate of drug-likeness (QED) is 0.749. The molecule has 0 saturated carbocycles. The number of esters is 1. The van der Waals surface area contributed by atoms with Crippen LogP contribution in [0, 0.1) is 0 Å². The monoisotopic (exact) mass is 296 g/mol. The Morgan fingerprint density at radius 2 is 2.14 bits per heavy atom. The number of methoxy groups -OCH3 is 1. The molecule has 0 fully saturated rings. The number of pyridine rings is 2. The third-order valence-corrected chi connectivity index (χ3v) is 3.43. The Kier molecular flexibility index (Phi) is 3.60. The highest BCUT2D eigenvalue weighted by Gasteiger charge is 2.21. The fraction of sp³-hybridized carbons (Fsp3) is 0.188. The number of aromatic nitrogens is 3. The van der Waals surface area contributed by atoms with Crippen LogP contribution < -0.4 is 5.73 Å². The first-order valence-corrected chi connectivity index (χ1v) is 6.89. The lowest BCUT2D eigenvalue weighted by Gasteiger charge is -2.10. The van der Waals surface area contributed by atoms with Gasteiger partial charge >= 0.3 is 5.97 Å². The zero-order valence-electron chi connectivity index (χ0n) is 12.4. The number of ether oxygens (including phenoxy) is 1. The standard InChI is InChI=1S/C16H16N4O2/c1-10(17)14-15(11-5-4-8-18-9-11)20-12(16(21)22-2)6-3-7-13(20)19-14/h3-10H,17H2,1-2H3/t10-/m0/s1. The van der Waals surface area contributed by atoms with E-state index in [0.717, 1.165) is 11.3 Å². The van der Waals surface area contributed by atoms with Crippen LogP contribution in [0.4, 0.5) is 0 Å². The summed E-state index contributed by atoms with van der Waals surface area (Å²) in [5.74, 6) is -0.427. The summed E-state index contributed by atoms with van der Waals surface area (Å²) in [5, 5.41) is 0. The van der Waals surface area contributed by atoms with Crippen molar-refractivity contribution in [2.75, 3.05) is 7.11 Å². The van der Waals surface area contributed by atoms with Crippen LogP contribution in [-0.4, -0.2) is 27.4 Å². The Hall–Kier alpha value is -2.73. The minimum atomic E-state index is -0.427. The first-order valence-electron chi connectivity index (χ1n) is 6.89. The number of imidazole rings is 1. The van der Waals surface area contributed by atoms with Gasteiger partial charge in [-0.3, -0.25) is 9.38 Å². The van der Waals surface area contributed by atoms with Crippen LogP contribution in [-0.2, 0) is 4.74 Å². The highest BCUT2D eigenvalue weighted by Crippen LogP contribution is 2.29. The molecule has 6 nitrogen and oxygen atoms in total. The van der Waals surface area contributed by atoms with Gasteiger partial charge in [0.15, 0.2) is 0 Å². The van der Waals surface area contributed by atoms with Crippen LogP contribution in [0.3, 0.4) is 0 Å². The summed E-state index contributed by atoms with van der Waals surface area (Å²) in [6.45, 7) is 1.86. The zero-order valence-corrected chi connectivity index (χ0v) is 12.4. The normalized spacial score (nSPS) is 12.3. The number of carbonyl (C=O) groups is 1. The molecule has 0 aromatic carbocycles. The van der Waals surface area contributed by atoms with E-state index in [1.54, 1.807) is 28.9 Å². The van der Waals surface area contributed by atoms with Crippen LogP contribution in [0.25, 0.3) is 16.9 Å². The number of nitrogens with two attached hydrogens (primary N) is 1. The van der Waals surface area contributed by atoms with Gasteiger partial charge in [0, 0.05) is 24.0 Å². The van der Waals surface area contributed by atoms with Crippen molar-refractivity contribution in [2.45, 2.75) is 13.0 Å². The van der Waals surface area contributed by atoms with Gasteiger partial charge in [-0.1, -0.05) is 6.07 Å². The molecule has 22 heavy (non-hydrogen) atoms. The van der Waals surface area contributed by atoms with Gasteiger partial charge in [-0.15, -0.1) is 0 Å². The lowest BCUT2D eigenvalue weighted by molar-refractivity contribution is 0.0592. The lowest BCUT2D eigenvalue weighted by atomic mass is 10.1. The second-order valence-electron chi connectivity index (χ2n) is 4.97. The van der Waals surface area contributed by atoms with Crippen molar-refractivity contribution < 1.29 is 9.53 Å². The Labute approximate surface area is 127 Å². The van der Waals surface area contributed by atoms with Gasteiger partial charge in [0.05, 0.1) is 18.5 Å². The SMILES string of the molecule is COC(=O)c1cccc2nc([C@H](C)N)c(-c3cccnc3)n12. The molecule has 0 amide bonds. The fourth-order valence-electron chi connectivity index (χ4n) is 2.47. The smallest absolute Gasteiger partial charge is 0.355 e. The number of fused-ring (bicyclic) bond motifs is 1. The van der Waals surface area contributed by atoms with Gasteiger partial charge in [-0.05, 0) is 31.2 Å². The molecule has 0 aliphatic heterocycles. The molecule has 3 heterocycles. The molecule has 112 valence electrons. The fourth-order valence-corrected chi connectivity index (χ4v) is 2.47. The van der Waals surface area contributed by atoms with Crippen molar-refractivity contribution in [3.63, 3.8) is 0 Å². The summed E-state index contributed by atoms with van der Waals surface area (Å²) in [6, 6.07) is 8.77. The maximum Gasteiger partial charge on any atom is 0.355 e. The first kappa shape index (κ1) is 14.2. The molecule has 3 aromatic rings. The van der Waals surface area contributed by atoms with E-state index in [1.807, 2.05) is 25.1 Å². The predicted octanol–water partition coefficient (Wildman–Crippen LogP) is 2.20. The maximum absolute atomic E-state index is 12.1. The largest absolute Gasteiger partial charge is 0.464 e. The van der Waals surface area contributed by atoms with E-state index >= 15 is 0 Å². The Bertz CT molecular complexity index is 825. The van der Waals surface area contributed by atoms with E-state index in [-0.39, 0.29) is 6.04 Å². The number of hydrogen-bond acceptors (Lipinski definition) is 5. The summed E-state index contributed by atoms with van der Waals surface area (Å²) in [7, 11) is 1.36. The van der Waals surface area contributed by atoms with Gasteiger partial charge in [0.1, 0.15) is 11.3 Å². The number of nitrogens with zero attached hydrogens (tertiary/aromatic N) is 3. The van der Waals surface area contributed by atoms with Crippen molar-refractivity contribution in [3.05, 3.63) is 54.1 Å². The Balaban J connectivity index is 2.41. The zero-order chi connectivity index (χ0) is 15.7. The minimum absolute atomic E-state index is 0.277. The van der Waals surface area contributed by atoms with Crippen molar-refractivity contribution in [1.82, 2.24) is 14.4 Å². The predicted molar refractivity (Wildman–Crippen MR) is 82.4 cm³/mol. The van der Waals surface area contributed by atoms with E-state index in [4.69, 9.17) is 10.5 Å². The third-order valence-electron chi connectivity index (χ3n) is 3.43. The number of rotatable bonds is 3. The summed E-state index contributed by atoms with van der Waals surface area (Å²) >= 11 is 0. The molecule has 0 saturated heterocycles. The van der Waals surface area contributed by atoms with Crippen LogP contribution in [0.1, 0.15) is 29.1 Å². The highest BCUT2D eigenvalue weighted by atomic mass is 16.5. The Morgan fingerprint density at radius 1 is 1.32 bits per heavy atom.